The fraction of sp³-hybridized carbons (Fsp3) is 0.500. The Morgan fingerprint density at radius 1 is 1.62 bits per heavy atom. The molecule has 1 N–H and O–H groups in total. The zero-order valence-electron chi connectivity index (χ0n) is 9.35. The van der Waals surface area contributed by atoms with Crippen LogP contribution in [0.1, 0.15) is 11.6 Å². The predicted octanol–water partition coefficient (Wildman–Crippen LogP) is 1.26. The van der Waals surface area contributed by atoms with Crippen molar-refractivity contribution in [1.82, 2.24) is 20.2 Å². The molecule has 0 aromatic carbocycles. The van der Waals surface area contributed by atoms with Crippen molar-refractivity contribution in [1.29, 1.82) is 0 Å². The molecule has 0 radical (unpaired) electrons. The van der Waals surface area contributed by atoms with Crippen LogP contribution in [-0.2, 0) is 11.3 Å². The Bertz CT molecular complexity index is 390. The van der Waals surface area contributed by atoms with Crippen molar-refractivity contribution in [3.05, 3.63) is 28.6 Å². The van der Waals surface area contributed by atoms with E-state index in [0.717, 1.165) is 16.6 Å². The summed E-state index contributed by atoms with van der Waals surface area (Å²) in [5.74, 6) is 0. The first-order valence-corrected chi connectivity index (χ1v) is 5.87. The zero-order valence-corrected chi connectivity index (χ0v) is 10.9. The Labute approximate surface area is 103 Å². The summed E-state index contributed by atoms with van der Waals surface area (Å²) in [6.45, 7) is 1.45. The Hall–Kier alpha value is -0.850. The van der Waals surface area contributed by atoms with Crippen molar-refractivity contribution in [2.24, 2.45) is 0 Å². The Balaban J connectivity index is 2.05. The summed E-state index contributed by atoms with van der Waals surface area (Å²) in [6, 6.07) is 0.168. The summed E-state index contributed by atoms with van der Waals surface area (Å²) in [5.41, 5.74) is 4.44. The van der Waals surface area contributed by atoms with Crippen LogP contribution < -0.4 is 5.43 Å². The van der Waals surface area contributed by atoms with Crippen molar-refractivity contribution in [2.75, 3.05) is 20.8 Å². The van der Waals surface area contributed by atoms with Gasteiger partial charge in [0.1, 0.15) is 0 Å². The van der Waals surface area contributed by atoms with E-state index in [1.165, 1.54) is 0 Å². The lowest BCUT2D eigenvalue weighted by Gasteiger charge is -2.13. The van der Waals surface area contributed by atoms with Gasteiger partial charge in [-0.05, 0) is 0 Å². The number of nitrogens with one attached hydrogen (secondary N) is 1. The Morgan fingerprint density at radius 2 is 2.44 bits per heavy atom. The number of ether oxygens (including phenoxy) is 1. The van der Waals surface area contributed by atoms with Crippen LogP contribution in [0.3, 0.4) is 0 Å². The summed E-state index contributed by atoms with van der Waals surface area (Å²) < 4.78 is 8.01. The highest BCUT2D eigenvalue weighted by Crippen LogP contribution is 2.30. The van der Waals surface area contributed by atoms with Gasteiger partial charge >= 0.3 is 0 Å². The Morgan fingerprint density at radius 3 is 3.06 bits per heavy atom. The molecule has 1 aromatic rings. The minimum absolute atomic E-state index is 0.168. The molecule has 0 aliphatic carbocycles. The van der Waals surface area contributed by atoms with E-state index in [9.17, 15) is 0 Å². The molecule has 0 spiro atoms. The smallest absolute Gasteiger partial charge is 0.0872 e. The summed E-state index contributed by atoms with van der Waals surface area (Å²) in [7, 11) is 3.66. The first kappa shape index (κ1) is 11.6. The summed E-state index contributed by atoms with van der Waals surface area (Å²) in [5, 5.41) is 6.22. The molecule has 0 amide bonds. The number of hydrazine groups is 1. The Kier molecular flexibility index (Phi) is 3.63. The molecule has 1 atom stereocenters. The average Bonchev–Trinajstić information content (AvgIpc) is 2.82. The first-order valence-electron chi connectivity index (χ1n) is 5.08. The van der Waals surface area contributed by atoms with E-state index in [2.05, 4.69) is 26.5 Å². The molecule has 0 fully saturated rings. The fourth-order valence-electron chi connectivity index (χ4n) is 1.63. The third-order valence-electron chi connectivity index (χ3n) is 2.44. The normalized spacial score (nSPS) is 20.3. The van der Waals surface area contributed by atoms with Gasteiger partial charge < -0.3 is 9.75 Å². The van der Waals surface area contributed by atoms with E-state index < -0.39 is 0 Å². The minimum atomic E-state index is 0.168. The van der Waals surface area contributed by atoms with Crippen molar-refractivity contribution in [3.8, 4) is 0 Å². The van der Waals surface area contributed by atoms with Crippen LogP contribution in [0.25, 0.3) is 0 Å². The summed E-state index contributed by atoms with van der Waals surface area (Å²) in [4.78, 5) is 0. The van der Waals surface area contributed by atoms with Crippen LogP contribution in [0.2, 0.25) is 0 Å². The summed E-state index contributed by atoms with van der Waals surface area (Å²) >= 11 is 3.54. The van der Waals surface area contributed by atoms with Crippen LogP contribution in [0.4, 0.5) is 0 Å². The van der Waals surface area contributed by atoms with Gasteiger partial charge in [0.25, 0.3) is 0 Å². The summed E-state index contributed by atoms with van der Waals surface area (Å²) in [6.07, 6.45) is 5.92. The monoisotopic (exact) mass is 286 g/mol. The van der Waals surface area contributed by atoms with E-state index in [-0.39, 0.29) is 6.04 Å². The molecule has 0 saturated carbocycles. The number of hydrogen-bond donors (Lipinski definition) is 1. The molecule has 0 bridgehead atoms. The van der Waals surface area contributed by atoms with Crippen LogP contribution in [-0.4, -0.2) is 35.6 Å². The van der Waals surface area contributed by atoms with E-state index >= 15 is 0 Å². The fourth-order valence-corrected chi connectivity index (χ4v) is 2.31. The van der Waals surface area contributed by atoms with Gasteiger partial charge in [-0.25, -0.2) is 5.43 Å². The van der Waals surface area contributed by atoms with Gasteiger partial charge in [0.2, 0.25) is 0 Å². The standard InChI is InChI=1S/C10H15BrN4O/c1-14-7-9(11)10(13-14)8-5-12-15(6-8)3-4-16-2/h5-7,10,13H,3-4H2,1-2H3. The lowest BCUT2D eigenvalue weighted by Crippen LogP contribution is -2.27. The molecule has 16 heavy (non-hydrogen) atoms. The minimum Gasteiger partial charge on any atom is -0.383 e. The van der Waals surface area contributed by atoms with Crippen molar-refractivity contribution in [2.45, 2.75) is 12.6 Å². The number of nitrogens with zero attached hydrogens (tertiary/aromatic N) is 3. The molecular weight excluding hydrogens is 272 g/mol. The van der Waals surface area contributed by atoms with Crippen LogP contribution >= 0.6 is 15.9 Å². The number of rotatable bonds is 4. The van der Waals surface area contributed by atoms with Crippen LogP contribution in [0, 0.1) is 0 Å². The molecule has 5 nitrogen and oxygen atoms in total. The van der Waals surface area contributed by atoms with Gasteiger partial charge in [0.15, 0.2) is 0 Å². The average molecular weight is 287 g/mol. The molecule has 1 aliphatic rings. The molecule has 2 heterocycles. The van der Waals surface area contributed by atoms with Gasteiger partial charge in [-0.1, -0.05) is 15.9 Å². The lowest BCUT2D eigenvalue weighted by atomic mass is 10.2. The molecule has 1 aliphatic heterocycles. The van der Waals surface area contributed by atoms with Gasteiger partial charge in [-0.15, -0.1) is 0 Å². The maximum absolute atomic E-state index is 5.01. The van der Waals surface area contributed by atoms with E-state index in [4.69, 9.17) is 4.74 Å². The van der Waals surface area contributed by atoms with E-state index in [1.54, 1.807) is 7.11 Å². The van der Waals surface area contributed by atoms with Gasteiger partial charge in [0.05, 0.1) is 25.4 Å². The highest BCUT2D eigenvalue weighted by Gasteiger charge is 2.22. The second kappa shape index (κ2) is 4.99. The highest BCUT2D eigenvalue weighted by molar-refractivity contribution is 9.11. The molecule has 1 unspecified atom stereocenters. The zero-order chi connectivity index (χ0) is 11.5. The van der Waals surface area contributed by atoms with Crippen LogP contribution in [0.5, 0.6) is 0 Å². The number of aromatic nitrogens is 2. The molecule has 6 heteroatoms. The largest absolute Gasteiger partial charge is 0.383 e. The number of hydrogen-bond acceptors (Lipinski definition) is 4. The maximum Gasteiger partial charge on any atom is 0.0872 e. The maximum atomic E-state index is 5.01. The second-order valence-electron chi connectivity index (χ2n) is 3.72. The number of methoxy groups -OCH3 is 1. The molecular formula is C10H15BrN4O. The van der Waals surface area contributed by atoms with E-state index in [0.29, 0.717) is 6.61 Å². The highest BCUT2D eigenvalue weighted by atomic mass is 79.9. The molecule has 2 rings (SSSR count). The predicted molar refractivity (Wildman–Crippen MR) is 64.8 cm³/mol. The van der Waals surface area contributed by atoms with Crippen molar-refractivity contribution >= 4 is 15.9 Å². The quantitative estimate of drug-likeness (QED) is 0.905. The molecule has 88 valence electrons. The van der Waals surface area contributed by atoms with Crippen LogP contribution in [0.15, 0.2) is 23.1 Å². The topological polar surface area (TPSA) is 42.3 Å². The SMILES string of the molecule is COCCn1cc(C2NN(C)C=C2Br)cn1. The van der Waals surface area contributed by atoms with Crippen molar-refractivity contribution in [3.63, 3.8) is 0 Å². The van der Waals surface area contributed by atoms with Crippen molar-refractivity contribution < 1.29 is 4.74 Å². The second-order valence-corrected chi connectivity index (χ2v) is 4.63. The number of halogens is 1. The van der Waals surface area contributed by atoms with Gasteiger partial charge in [-0.2, -0.15) is 5.10 Å². The molecule has 1 aromatic heterocycles. The van der Waals surface area contributed by atoms with Gasteiger partial charge in [-0.3, -0.25) is 4.68 Å². The van der Waals surface area contributed by atoms with E-state index in [1.807, 2.05) is 35.3 Å². The molecule has 0 saturated heterocycles. The van der Waals surface area contributed by atoms with Gasteiger partial charge in [0, 0.05) is 36.6 Å². The third kappa shape index (κ3) is 2.45. The first-order chi connectivity index (χ1) is 7.70. The third-order valence-corrected chi connectivity index (χ3v) is 3.10. The lowest BCUT2D eigenvalue weighted by molar-refractivity contribution is 0.183.